The summed E-state index contributed by atoms with van der Waals surface area (Å²) in [7, 11) is -3.70. The van der Waals surface area contributed by atoms with Crippen molar-refractivity contribution in [3.63, 3.8) is 0 Å². The Labute approximate surface area is 154 Å². The van der Waals surface area contributed by atoms with Gasteiger partial charge in [0.05, 0.1) is 16.6 Å². The quantitative estimate of drug-likeness (QED) is 0.722. The number of carbonyl (C=O) groups excluding carboxylic acids is 1. The zero-order valence-corrected chi connectivity index (χ0v) is 16.0. The van der Waals surface area contributed by atoms with Gasteiger partial charge in [0.2, 0.25) is 5.91 Å². The molecule has 0 aliphatic heterocycles. The number of rotatable bonds is 6. The maximum absolute atomic E-state index is 12.5. The Hall–Kier alpha value is -2.38. The van der Waals surface area contributed by atoms with Crippen molar-refractivity contribution in [1.82, 2.24) is 5.32 Å². The molecule has 140 valence electrons. The van der Waals surface area contributed by atoms with Crippen LogP contribution in [0.5, 0.6) is 0 Å². The Balaban J connectivity index is 2.15. The van der Waals surface area contributed by atoms with Gasteiger partial charge in [-0.2, -0.15) is 0 Å². The first kappa shape index (κ1) is 19.9. The van der Waals surface area contributed by atoms with Crippen LogP contribution in [-0.2, 0) is 21.4 Å². The third-order valence-corrected chi connectivity index (χ3v) is 5.37. The van der Waals surface area contributed by atoms with Gasteiger partial charge >= 0.3 is 0 Å². The van der Waals surface area contributed by atoms with Gasteiger partial charge in [0.1, 0.15) is 0 Å². The second kappa shape index (κ2) is 7.88. The van der Waals surface area contributed by atoms with Crippen LogP contribution in [0.1, 0.15) is 26.3 Å². The van der Waals surface area contributed by atoms with Crippen LogP contribution in [-0.4, -0.2) is 20.4 Å². The van der Waals surface area contributed by atoms with E-state index in [4.69, 9.17) is 5.73 Å². The lowest BCUT2D eigenvalue weighted by atomic mass is 9.87. The predicted octanol–water partition coefficient (Wildman–Crippen LogP) is 2.48. The maximum atomic E-state index is 12.5. The molecule has 4 N–H and O–H groups in total. The summed E-state index contributed by atoms with van der Waals surface area (Å²) in [5.41, 5.74) is 6.66. The molecule has 0 fully saturated rings. The zero-order chi connectivity index (χ0) is 19.4. The van der Waals surface area contributed by atoms with Gasteiger partial charge in [0.25, 0.3) is 10.0 Å². The molecular weight excluding hydrogens is 350 g/mol. The first-order valence-corrected chi connectivity index (χ1v) is 9.78. The van der Waals surface area contributed by atoms with Gasteiger partial charge < -0.3 is 11.1 Å². The third-order valence-electron chi connectivity index (χ3n) is 3.98. The number of hydrogen-bond donors (Lipinski definition) is 3. The van der Waals surface area contributed by atoms with E-state index in [-0.39, 0.29) is 22.8 Å². The molecule has 0 heterocycles. The number of para-hydroxylation sites is 1. The topological polar surface area (TPSA) is 101 Å². The molecule has 6 nitrogen and oxygen atoms in total. The lowest BCUT2D eigenvalue weighted by molar-refractivity contribution is -0.124. The van der Waals surface area contributed by atoms with Crippen LogP contribution in [0, 0.1) is 5.41 Å². The minimum atomic E-state index is -3.70. The van der Waals surface area contributed by atoms with E-state index in [1.54, 1.807) is 42.5 Å². The SMILES string of the molecule is CC(C)(C)[C@H](N)C(=O)NCc1ccccc1NS(=O)(=O)c1ccccc1. The van der Waals surface area contributed by atoms with E-state index in [1.165, 1.54) is 12.1 Å². The molecule has 0 spiro atoms. The van der Waals surface area contributed by atoms with Crippen molar-refractivity contribution in [3.05, 3.63) is 60.2 Å². The number of nitrogens with one attached hydrogen (secondary N) is 2. The molecule has 0 saturated heterocycles. The lowest BCUT2D eigenvalue weighted by Gasteiger charge is -2.26. The molecule has 0 aromatic heterocycles. The van der Waals surface area contributed by atoms with Crippen LogP contribution < -0.4 is 15.8 Å². The molecule has 1 atom stereocenters. The van der Waals surface area contributed by atoms with E-state index in [2.05, 4.69) is 10.0 Å². The summed E-state index contributed by atoms with van der Waals surface area (Å²) in [6.07, 6.45) is 0. The minimum absolute atomic E-state index is 0.175. The first-order valence-electron chi connectivity index (χ1n) is 8.30. The fourth-order valence-electron chi connectivity index (χ4n) is 2.26. The standard InChI is InChI=1S/C19H25N3O3S/c1-19(2,3)17(20)18(23)21-13-14-9-7-8-12-16(14)22-26(24,25)15-10-5-4-6-11-15/h4-12,17,22H,13,20H2,1-3H3,(H,21,23)/t17-/m1/s1. The maximum Gasteiger partial charge on any atom is 0.261 e. The summed E-state index contributed by atoms with van der Waals surface area (Å²) in [5.74, 6) is -0.279. The summed E-state index contributed by atoms with van der Waals surface area (Å²) in [6.45, 7) is 5.84. The van der Waals surface area contributed by atoms with E-state index < -0.39 is 16.1 Å². The van der Waals surface area contributed by atoms with E-state index in [0.29, 0.717) is 11.3 Å². The smallest absolute Gasteiger partial charge is 0.261 e. The molecule has 0 bridgehead atoms. The highest BCUT2D eigenvalue weighted by molar-refractivity contribution is 7.92. The van der Waals surface area contributed by atoms with Gasteiger partial charge in [-0.05, 0) is 29.2 Å². The molecule has 7 heteroatoms. The van der Waals surface area contributed by atoms with E-state index in [9.17, 15) is 13.2 Å². The third kappa shape index (κ3) is 5.06. The Morgan fingerprint density at radius 1 is 1.04 bits per heavy atom. The van der Waals surface area contributed by atoms with E-state index >= 15 is 0 Å². The first-order chi connectivity index (χ1) is 12.1. The highest BCUT2D eigenvalue weighted by Gasteiger charge is 2.27. The van der Waals surface area contributed by atoms with Crippen molar-refractivity contribution in [3.8, 4) is 0 Å². The van der Waals surface area contributed by atoms with Crippen LogP contribution >= 0.6 is 0 Å². The van der Waals surface area contributed by atoms with Crippen LogP contribution in [0.4, 0.5) is 5.69 Å². The number of sulfonamides is 1. The number of anilines is 1. The van der Waals surface area contributed by atoms with Gasteiger partial charge in [0.15, 0.2) is 0 Å². The number of nitrogens with two attached hydrogens (primary N) is 1. The summed E-state index contributed by atoms with van der Waals surface area (Å²) in [5, 5.41) is 2.77. The largest absolute Gasteiger partial charge is 0.351 e. The monoisotopic (exact) mass is 375 g/mol. The van der Waals surface area contributed by atoms with Crippen molar-refractivity contribution < 1.29 is 13.2 Å². The van der Waals surface area contributed by atoms with E-state index in [0.717, 1.165) is 0 Å². The van der Waals surface area contributed by atoms with Crippen LogP contribution in [0.3, 0.4) is 0 Å². The van der Waals surface area contributed by atoms with Crippen LogP contribution in [0.2, 0.25) is 0 Å². The highest BCUT2D eigenvalue weighted by atomic mass is 32.2. The normalized spacial score (nSPS) is 13.1. The van der Waals surface area contributed by atoms with Crippen LogP contribution in [0.25, 0.3) is 0 Å². The van der Waals surface area contributed by atoms with Crippen molar-refractivity contribution in [1.29, 1.82) is 0 Å². The molecular formula is C19H25N3O3S. The van der Waals surface area contributed by atoms with E-state index in [1.807, 2.05) is 20.8 Å². The molecule has 0 unspecified atom stereocenters. The predicted molar refractivity (Wildman–Crippen MR) is 103 cm³/mol. The molecule has 0 aliphatic carbocycles. The molecule has 0 aliphatic rings. The van der Waals surface area contributed by atoms with Gasteiger partial charge in [-0.15, -0.1) is 0 Å². The fourth-order valence-corrected chi connectivity index (χ4v) is 3.38. The van der Waals surface area contributed by atoms with Crippen molar-refractivity contribution in [2.75, 3.05) is 4.72 Å². The molecule has 2 aromatic carbocycles. The number of amides is 1. The molecule has 2 aromatic rings. The number of carbonyl (C=O) groups is 1. The summed E-state index contributed by atoms with van der Waals surface area (Å²) >= 11 is 0. The Morgan fingerprint density at radius 2 is 1.62 bits per heavy atom. The Morgan fingerprint density at radius 3 is 2.23 bits per heavy atom. The molecule has 26 heavy (non-hydrogen) atoms. The summed E-state index contributed by atoms with van der Waals surface area (Å²) in [4.78, 5) is 12.4. The van der Waals surface area contributed by atoms with Gasteiger partial charge in [-0.3, -0.25) is 9.52 Å². The second-order valence-corrected chi connectivity index (χ2v) is 8.82. The zero-order valence-electron chi connectivity index (χ0n) is 15.2. The Bertz CT molecular complexity index is 859. The Kier molecular flexibility index (Phi) is 6.05. The molecule has 0 radical (unpaired) electrons. The number of benzene rings is 2. The summed E-state index contributed by atoms with van der Waals surface area (Å²) in [6, 6.07) is 14.4. The van der Waals surface area contributed by atoms with Crippen molar-refractivity contribution >= 4 is 21.6 Å². The second-order valence-electron chi connectivity index (χ2n) is 7.14. The molecule has 1 amide bonds. The van der Waals surface area contributed by atoms with Crippen LogP contribution in [0.15, 0.2) is 59.5 Å². The van der Waals surface area contributed by atoms with Crippen molar-refractivity contribution in [2.24, 2.45) is 11.1 Å². The van der Waals surface area contributed by atoms with Crippen molar-refractivity contribution in [2.45, 2.75) is 38.3 Å². The average Bonchev–Trinajstić information content (AvgIpc) is 2.59. The number of hydrogen-bond acceptors (Lipinski definition) is 4. The highest BCUT2D eigenvalue weighted by Crippen LogP contribution is 2.21. The van der Waals surface area contributed by atoms with Gasteiger partial charge in [-0.25, -0.2) is 8.42 Å². The summed E-state index contributed by atoms with van der Waals surface area (Å²) < 4.78 is 27.6. The fraction of sp³-hybridized carbons (Fsp3) is 0.316. The molecule has 0 saturated carbocycles. The van der Waals surface area contributed by atoms with Gasteiger partial charge in [0, 0.05) is 6.54 Å². The lowest BCUT2D eigenvalue weighted by Crippen LogP contribution is -2.48. The molecule has 2 rings (SSSR count). The van der Waals surface area contributed by atoms with Gasteiger partial charge in [-0.1, -0.05) is 57.2 Å². The minimum Gasteiger partial charge on any atom is -0.351 e. The average molecular weight is 375 g/mol.